The molecule has 4 heterocycles. The van der Waals surface area contributed by atoms with Crippen LogP contribution in [0.25, 0.3) is 27.9 Å². The Bertz CT molecular complexity index is 1320. The van der Waals surface area contributed by atoms with Crippen molar-refractivity contribution in [2.24, 2.45) is 0 Å². The molecule has 0 radical (unpaired) electrons. The first-order valence-electron chi connectivity index (χ1n) is 9.24. The van der Waals surface area contributed by atoms with Gasteiger partial charge in [0, 0.05) is 32.4 Å². The third-order valence-corrected chi connectivity index (χ3v) is 7.15. The van der Waals surface area contributed by atoms with Crippen molar-refractivity contribution in [3.05, 3.63) is 42.7 Å². The van der Waals surface area contributed by atoms with E-state index in [4.69, 9.17) is 10.2 Å². The van der Waals surface area contributed by atoms with Crippen molar-refractivity contribution in [3.63, 3.8) is 0 Å². The molecule has 0 spiro atoms. The van der Waals surface area contributed by atoms with Gasteiger partial charge in [-0.05, 0) is 42.4 Å². The highest BCUT2D eigenvalue weighted by Crippen LogP contribution is 2.27. The van der Waals surface area contributed by atoms with Crippen molar-refractivity contribution >= 4 is 32.8 Å². The zero-order chi connectivity index (χ0) is 20.2. The lowest BCUT2D eigenvalue weighted by atomic mass is 10.1. The van der Waals surface area contributed by atoms with E-state index >= 15 is 0 Å². The van der Waals surface area contributed by atoms with Crippen molar-refractivity contribution in [2.75, 3.05) is 39.0 Å². The largest absolute Gasteiger partial charge is 0.424 e. The Morgan fingerprint density at radius 1 is 1.07 bits per heavy atom. The maximum Gasteiger partial charge on any atom is 0.292 e. The molecule has 4 aromatic rings. The lowest BCUT2D eigenvalue weighted by Crippen LogP contribution is -2.47. The summed E-state index contributed by atoms with van der Waals surface area (Å²) in [5.41, 5.74) is 9.17. The zero-order valence-electron chi connectivity index (χ0n) is 15.8. The van der Waals surface area contributed by atoms with E-state index in [0.29, 0.717) is 42.9 Å². The van der Waals surface area contributed by atoms with Crippen LogP contribution in [0.3, 0.4) is 0 Å². The molecule has 3 aromatic heterocycles. The minimum Gasteiger partial charge on any atom is -0.424 e. The highest BCUT2D eigenvalue weighted by molar-refractivity contribution is 7.89. The van der Waals surface area contributed by atoms with Crippen LogP contribution < -0.4 is 5.73 Å². The maximum absolute atomic E-state index is 13.2. The predicted molar refractivity (Wildman–Crippen MR) is 109 cm³/mol. The van der Waals surface area contributed by atoms with E-state index in [1.807, 2.05) is 25.2 Å². The highest BCUT2D eigenvalue weighted by Gasteiger charge is 2.30. The number of oxazole rings is 1. The van der Waals surface area contributed by atoms with Gasteiger partial charge in [0.25, 0.3) is 16.0 Å². The lowest BCUT2D eigenvalue weighted by molar-refractivity contribution is 0.222. The van der Waals surface area contributed by atoms with Crippen LogP contribution in [0.15, 0.2) is 52.2 Å². The van der Waals surface area contributed by atoms with E-state index in [9.17, 15) is 8.42 Å². The van der Waals surface area contributed by atoms with Gasteiger partial charge in [0.05, 0.1) is 6.20 Å². The number of imidazole rings is 1. The number of nitrogens with zero attached hydrogens (tertiary/aromatic N) is 5. The van der Waals surface area contributed by atoms with E-state index in [2.05, 4.69) is 14.9 Å². The Morgan fingerprint density at radius 2 is 1.83 bits per heavy atom. The van der Waals surface area contributed by atoms with Gasteiger partial charge in [-0.25, -0.2) is 13.4 Å². The molecule has 9 nitrogen and oxygen atoms in total. The number of anilines is 1. The molecule has 0 aliphatic carbocycles. The molecule has 1 aliphatic rings. The van der Waals surface area contributed by atoms with Gasteiger partial charge in [-0.15, -0.1) is 0 Å². The normalized spacial score (nSPS) is 16.7. The summed E-state index contributed by atoms with van der Waals surface area (Å²) in [5.74, 6) is 0. The van der Waals surface area contributed by atoms with E-state index < -0.39 is 10.0 Å². The summed E-state index contributed by atoms with van der Waals surface area (Å²) in [6.45, 7) is 2.36. The first kappa shape index (κ1) is 18.1. The molecular weight excluding hydrogens is 392 g/mol. The number of nitrogens with two attached hydrogens (primary N) is 1. The average molecular weight is 412 g/mol. The molecule has 0 atom stereocenters. The Morgan fingerprint density at radius 3 is 2.62 bits per heavy atom. The van der Waals surface area contributed by atoms with Crippen molar-refractivity contribution in [3.8, 4) is 11.1 Å². The fourth-order valence-corrected chi connectivity index (χ4v) is 5.09. The van der Waals surface area contributed by atoms with Crippen molar-refractivity contribution < 1.29 is 12.8 Å². The summed E-state index contributed by atoms with van der Waals surface area (Å²) >= 11 is 0. The number of rotatable bonds is 3. The van der Waals surface area contributed by atoms with Crippen molar-refractivity contribution in [1.29, 1.82) is 0 Å². The van der Waals surface area contributed by atoms with Crippen LogP contribution in [0.2, 0.25) is 0 Å². The van der Waals surface area contributed by atoms with E-state index in [1.54, 1.807) is 22.7 Å². The molecule has 5 rings (SSSR count). The highest BCUT2D eigenvalue weighted by atomic mass is 32.2. The summed E-state index contributed by atoms with van der Waals surface area (Å²) in [4.78, 5) is 10.6. The van der Waals surface area contributed by atoms with Crippen LogP contribution in [0.1, 0.15) is 0 Å². The molecule has 0 saturated carbocycles. The van der Waals surface area contributed by atoms with Crippen LogP contribution >= 0.6 is 0 Å². The monoisotopic (exact) mass is 412 g/mol. The SMILES string of the molecule is CN1CCN(S(=O)(=O)c2cnc3ccc(-c4ccc5oc(N)nc5c4)cn23)CC1. The molecule has 0 amide bonds. The summed E-state index contributed by atoms with van der Waals surface area (Å²) in [6, 6.07) is 9.37. The molecular formula is C19H20N6O3S. The predicted octanol–water partition coefficient (Wildman–Crippen LogP) is 1.66. The van der Waals surface area contributed by atoms with Crippen LogP contribution in [-0.2, 0) is 10.0 Å². The summed E-state index contributed by atoms with van der Waals surface area (Å²) in [6.07, 6.45) is 3.21. The molecule has 1 aliphatic heterocycles. The fourth-order valence-electron chi connectivity index (χ4n) is 3.61. The molecule has 2 N–H and O–H groups in total. The molecule has 1 saturated heterocycles. The number of sulfonamides is 1. The number of benzene rings is 1. The molecule has 10 heteroatoms. The second kappa shape index (κ2) is 6.55. The number of nitrogen functional groups attached to an aromatic ring is 1. The van der Waals surface area contributed by atoms with Crippen molar-refractivity contribution in [2.45, 2.75) is 5.03 Å². The smallest absolute Gasteiger partial charge is 0.292 e. The van der Waals surface area contributed by atoms with Crippen molar-refractivity contribution in [1.82, 2.24) is 23.6 Å². The molecule has 1 aromatic carbocycles. The van der Waals surface area contributed by atoms with Gasteiger partial charge in [-0.2, -0.15) is 9.29 Å². The van der Waals surface area contributed by atoms with Crippen LogP contribution in [0.4, 0.5) is 6.01 Å². The van der Waals surface area contributed by atoms with Crippen LogP contribution in [0, 0.1) is 0 Å². The third-order valence-electron chi connectivity index (χ3n) is 5.28. The van der Waals surface area contributed by atoms with Crippen LogP contribution in [0.5, 0.6) is 0 Å². The number of fused-ring (bicyclic) bond motifs is 2. The van der Waals surface area contributed by atoms with E-state index in [0.717, 1.165) is 11.1 Å². The molecule has 150 valence electrons. The second-order valence-electron chi connectivity index (χ2n) is 7.18. The Kier molecular flexibility index (Phi) is 4.09. The van der Waals surface area contributed by atoms with Gasteiger partial charge < -0.3 is 15.1 Å². The van der Waals surface area contributed by atoms with Gasteiger partial charge in [-0.1, -0.05) is 6.07 Å². The quantitative estimate of drug-likeness (QED) is 0.545. The number of pyridine rings is 1. The number of likely N-dealkylation sites (N-methyl/N-ethyl adjacent to an activating group) is 1. The van der Waals surface area contributed by atoms with Gasteiger partial charge >= 0.3 is 0 Å². The summed E-state index contributed by atoms with van der Waals surface area (Å²) in [5, 5.41) is 0.172. The van der Waals surface area contributed by atoms with Crippen LogP contribution in [-0.4, -0.2) is 65.2 Å². The number of hydrogen-bond acceptors (Lipinski definition) is 7. The average Bonchev–Trinajstić information content (AvgIpc) is 3.29. The Balaban J connectivity index is 1.58. The maximum atomic E-state index is 13.2. The molecule has 0 unspecified atom stereocenters. The Hall–Kier alpha value is -2.95. The second-order valence-corrected chi connectivity index (χ2v) is 9.07. The summed E-state index contributed by atoms with van der Waals surface area (Å²) in [7, 11) is -1.65. The van der Waals surface area contributed by atoms with Gasteiger partial charge in [-0.3, -0.25) is 4.40 Å². The molecule has 29 heavy (non-hydrogen) atoms. The third kappa shape index (κ3) is 3.05. The standard InChI is InChI=1S/C19H20N6O3S/c1-23-6-8-24(9-7-23)29(26,27)18-11-21-17-5-3-14(12-25(17)18)13-2-4-16-15(10-13)22-19(20)28-16/h2-5,10-12H,6-9H2,1H3,(H2,20,22). The number of aromatic nitrogens is 3. The minimum absolute atomic E-state index is 0.114. The van der Waals surface area contributed by atoms with Gasteiger partial charge in [0.1, 0.15) is 11.2 Å². The first-order valence-corrected chi connectivity index (χ1v) is 10.7. The number of hydrogen-bond donors (Lipinski definition) is 1. The topological polar surface area (TPSA) is 110 Å². The minimum atomic E-state index is -3.64. The lowest BCUT2D eigenvalue weighted by Gasteiger charge is -2.31. The molecule has 1 fully saturated rings. The summed E-state index contributed by atoms with van der Waals surface area (Å²) < 4.78 is 34.9. The Labute approximate surface area is 167 Å². The van der Waals surface area contributed by atoms with E-state index in [-0.39, 0.29) is 11.0 Å². The zero-order valence-corrected chi connectivity index (χ0v) is 16.6. The van der Waals surface area contributed by atoms with Gasteiger partial charge in [0.2, 0.25) is 0 Å². The molecule has 0 bridgehead atoms. The van der Waals surface area contributed by atoms with Gasteiger partial charge in [0.15, 0.2) is 10.6 Å². The van der Waals surface area contributed by atoms with E-state index in [1.165, 1.54) is 10.5 Å². The first-order chi connectivity index (χ1) is 13.9. The number of piperazine rings is 1. The fraction of sp³-hybridized carbons (Fsp3) is 0.263.